The van der Waals surface area contributed by atoms with Crippen LogP contribution in [0, 0.1) is 17.3 Å². The summed E-state index contributed by atoms with van der Waals surface area (Å²) in [4.78, 5) is 0. The zero-order chi connectivity index (χ0) is 16.2. The van der Waals surface area contributed by atoms with Gasteiger partial charge in [-0.3, -0.25) is 4.55 Å². The Balaban J connectivity index is 1.64. The molecule has 0 unspecified atom stereocenters. The van der Waals surface area contributed by atoms with Gasteiger partial charge in [-0.05, 0) is 85.0 Å². The summed E-state index contributed by atoms with van der Waals surface area (Å²) >= 11 is 0. The van der Waals surface area contributed by atoms with E-state index >= 15 is 0 Å². The Labute approximate surface area is 138 Å². The van der Waals surface area contributed by atoms with Crippen LogP contribution < -0.4 is 4.18 Å². The molecule has 0 amide bonds. The topological polar surface area (TPSA) is 63.6 Å². The molecule has 1 N–H and O–H groups in total. The van der Waals surface area contributed by atoms with Gasteiger partial charge in [-0.2, -0.15) is 8.42 Å². The molecule has 1 aromatic rings. The van der Waals surface area contributed by atoms with Crippen molar-refractivity contribution in [3.05, 3.63) is 29.3 Å². The van der Waals surface area contributed by atoms with Crippen LogP contribution in [0.4, 0.5) is 0 Å². The predicted octanol–water partition coefficient (Wildman–Crippen LogP) is 4.11. The average molecular weight is 336 g/mol. The summed E-state index contributed by atoms with van der Waals surface area (Å²) < 4.78 is 35.2. The fourth-order valence-corrected chi connectivity index (χ4v) is 6.07. The van der Waals surface area contributed by atoms with E-state index in [0.717, 1.165) is 18.3 Å². The summed E-state index contributed by atoms with van der Waals surface area (Å²) in [5.74, 6) is 2.45. The van der Waals surface area contributed by atoms with Crippen molar-refractivity contribution < 1.29 is 17.2 Å². The monoisotopic (exact) mass is 336 g/mol. The van der Waals surface area contributed by atoms with Crippen LogP contribution in [0.25, 0.3) is 0 Å². The standard InChI is InChI=1S/C18H24O4S/c1-18-9-2-3-17(18)16-6-4-12-11-13(22-23(19,20)21)5-7-14(12)15(16)8-10-18/h5,7,11,15-17H,2-4,6,8-10H2,1H3,(H,19,20,21)/t15-,16-,17+,18+/m1/s1. The second-order valence-corrected chi connectivity index (χ2v) is 8.89. The van der Waals surface area contributed by atoms with Crippen LogP contribution in [0.1, 0.15) is 62.5 Å². The van der Waals surface area contributed by atoms with Gasteiger partial charge in [0.1, 0.15) is 5.75 Å². The van der Waals surface area contributed by atoms with E-state index in [4.69, 9.17) is 4.55 Å². The minimum atomic E-state index is -4.45. The maximum Gasteiger partial charge on any atom is 0.446 e. The second kappa shape index (κ2) is 5.21. The Bertz CT molecular complexity index is 727. The minimum absolute atomic E-state index is 0.214. The van der Waals surface area contributed by atoms with Crippen molar-refractivity contribution in [1.29, 1.82) is 0 Å². The lowest BCUT2D eigenvalue weighted by Crippen LogP contribution is -2.39. The van der Waals surface area contributed by atoms with E-state index in [2.05, 4.69) is 11.1 Å². The Morgan fingerprint density at radius 3 is 2.83 bits per heavy atom. The zero-order valence-electron chi connectivity index (χ0n) is 13.5. The van der Waals surface area contributed by atoms with E-state index in [1.807, 2.05) is 6.07 Å². The summed E-state index contributed by atoms with van der Waals surface area (Å²) in [7, 11) is -4.45. The van der Waals surface area contributed by atoms with Gasteiger partial charge in [0, 0.05) is 0 Å². The SMILES string of the molecule is C[C@@]12CCC[C@H]1[C@@H]1CCc3cc(OS(=O)(=O)O)ccc3[C@H]1CC2. The van der Waals surface area contributed by atoms with Gasteiger partial charge in [-0.25, -0.2) is 0 Å². The first-order valence-corrected chi connectivity index (χ1v) is 10.0. The van der Waals surface area contributed by atoms with Crippen molar-refractivity contribution in [2.75, 3.05) is 0 Å². The van der Waals surface area contributed by atoms with E-state index in [9.17, 15) is 8.42 Å². The van der Waals surface area contributed by atoms with Crippen LogP contribution in [0.3, 0.4) is 0 Å². The minimum Gasteiger partial charge on any atom is -0.362 e. The van der Waals surface area contributed by atoms with Crippen LogP contribution in [0.5, 0.6) is 5.75 Å². The molecule has 0 radical (unpaired) electrons. The normalized spacial score (nSPS) is 36.0. The molecule has 0 bridgehead atoms. The fraction of sp³-hybridized carbons (Fsp3) is 0.667. The van der Waals surface area contributed by atoms with Crippen molar-refractivity contribution in [2.45, 2.75) is 57.8 Å². The van der Waals surface area contributed by atoms with Gasteiger partial charge < -0.3 is 4.18 Å². The summed E-state index contributed by atoms with van der Waals surface area (Å²) in [5, 5.41) is 0. The van der Waals surface area contributed by atoms with Gasteiger partial charge in [0.2, 0.25) is 0 Å². The molecule has 0 heterocycles. The van der Waals surface area contributed by atoms with E-state index in [0.29, 0.717) is 11.3 Å². The quantitative estimate of drug-likeness (QED) is 0.825. The predicted molar refractivity (Wildman–Crippen MR) is 87.9 cm³/mol. The third kappa shape index (κ3) is 2.68. The van der Waals surface area contributed by atoms with Crippen molar-refractivity contribution in [1.82, 2.24) is 0 Å². The second-order valence-electron chi connectivity index (χ2n) is 7.87. The van der Waals surface area contributed by atoms with Crippen molar-refractivity contribution >= 4 is 10.4 Å². The van der Waals surface area contributed by atoms with Crippen LogP contribution in [-0.2, 0) is 16.8 Å². The summed E-state index contributed by atoms with van der Waals surface area (Å²) in [5.41, 5.74) is 3.11. The largest absolute Gasteiger partial charge is 0.446 e. The lowest BCUT2D eigenvalue weighted by Gasteiger charge is -2.49. The van der Waals surface area contributed by atoms with Gasteiger partial charge in [0.15, 0.2) is 0 Å². The number of aryl methyl sites for hydroxylation is 1. The Morgan fingerprint density at radius 2 is 2.04 bits per heavy atom. The molecule has 126 valence electrons. The molecule has 0 spiro atoms. The maximum absolute atomic E-state index is 10.9. The van der Waals surface area contributed by atoms with E-state index in [1.165, 1.54) is 49.7 Å². The Morgan fingerprint density at radius 1 is 1.22 bits per heavy atom. The molecule has 1 aromatic carbocycles. The van der Waals surface area contributed by atoms with Crippen LogP contribution in [0.15, 0.2) is 18.2 Å². The number of hydrogen-bond acceptors (Lipinski definition) is 3. The Kier molecular flexibility index (Phi) is 3.50. The van der Waals surface area contributed by atoms with Crippen LogP contribution in [-0.4, -0.2) is 13.0 Å². The van der Waals surface area contributed by atoms with Gasteiger partial charge in [0.25, 0.3) is 0 Å². The number of benzene rings is 1. The molecule has 4 nitrogen and oxygen atoms in total. The summed E-state index contributed by atoms with van der Waals surface area (Å²) in [6.45, 7) is 2.49. The highest BCUT2D eigenvalue weighted by Gasteiger charge is 2.50. The van der Waals surface area contributed by atoms with E-state index in [-0.39, 0.29) is 5.75 Å². The molecule has 0 aromatic heterocycles. The first-order chi connectivity index (χ1) is 10.9. The molecular weight excluding hydrogens is 312 g/mol. The van der Waals surface area contributed by atoms with E-state index in [1.54, 1.807) is 12.1 Å². The van der Waals surface area contributed by atoms with Crippen LogP contribution >= 0.6 is 0 Å². The van der Waals surface area contributed by atoms with Crippen LogP contribution in [0.2, 0.25) is 0 Å². The Hall–Kier alpha value is -1.07. The van der Waals surface area contributed by atoms with Crippen molar-refractivity contribution in [2.24, 2.45) is 17.3 Å². The fourth-order valence-electron chi connectivity index (χ4n) is 5.73. The summed E-state index contributed by atoms with van der Waals surface area (Å²) in [6.07, 6.45) is 8.84. The summed E-state index contributed by atoms with van der Waals surface area (Å²) in [6, 6.07) is 5.49. The third-order valence-corrected chi connectivity index (χ3v) is 7.08. The first-order valence-electron chi connectivity index (χ1n) is 8.65. The molecule has 5 heteroatoms. The van der Waals surface area contributed by atoms with Crippen molar-refractivity contribution in [3.63, 3.8) is 0 Å². The maximum atomic E-state index is 10.9. The van der Waals surface area contributed by atoms with Gasteiger partial charge in [0.05, 0.1) is 0 Å². The third-order valence-electron chi connectivity index (χ3n) is 6.68. The number of rotatable bonds is 2. The molecular formula is C18H24O4S. The molecule has 4 rings (SSSR count). The average Bonchev–Trinajstić information content (AvgIpc) is 2.86. The van der Waals surface area contributed by atoms with Gasteiger partial charge in [-0.1, -0.05) is 19.4 Å². The van der Waals surface area contributed by atoms with Gasteiger partial charge in [-0.15, -0.1) is 0 Å². The first kappa shape index (κ1) is 15.5. The highest BCUT2D eigenvalue weighted by molar-refractivity contribution is 7.81. The zero-order valence-corrected chi connectivity index (χ0v) is 14.3. The molecule has 4 atom stereocenters. The molecule has 0 aliphatic heterocycles. The molecule has 3 aliphatic rings. The van der Waals surface area contributed by atoms with E-state index < -0.39 is 10.4 Å². The van der Waals surface area contributed by atoms with Gasteiger partial charge >= 0.3 is 10.4 Å². The molecule has 0 saturated heterocycles. The highest BCUT2D eigenvalue weighted by atomic mass is 32.3. The molecule has 23 heavy (non-hydrogen) atoms. The number of fused-ring (bicyclic) bond motifs is 5. The number of hydrogen-bond donors (Lipinski definition) is 1. The highest BCUT2D eigenvalue weighted by Crippen LogP contribution is 2.60. The molecule has 2 saturated carbocycles. The lowest BCUT2D eigenvalue weighted by atomic mass is 9.56. The van der Waals surface area contributed by atoms with Crippen molar-refractivity contribution in [3.8, 4) is 5.75 Å². The molecule has 2 fully saturated rings. The lowest BCUT2D eigenvalue weighted by molar-refractivity contribution is 0.0598. The smallest absolute Gasteiger partial charge is 0.362 e. The molecule has 3 aliphatic carbocycles.